The summed E-state index contributed by atoms with van der Waals surface area (Å²) < 4.78 is 29.1. The van der Waals surface area contributed by atoms with Crippen molar-refractivity contribution >= 4 is 15.9 Å². The average molecular weight is 222 g/mol. The highest BCUT2D eigenvalue weighted by molar-refractivity contribution is 7.85. The average Bonchev–Trinajstić information content (AvgIpc) is 2.08. The number of carbonyl (C=O) groups excluding carboxylic acids is 1. The maximum Gasteiger partial charge on any atom is 0.264 e. The van der Waals surface area contributed by atoms with E-state index in [1.165, 1.54) is 0 Å². The van der Waals surface area contributed by atoms with E-state index in [0.717, 1.165) is 19.3 Å². The molecule has 5 heteroatoms. The Hall–Kier alpha value is -0.420. The van der Waals surface area contributed by atoms with Crippen molar-refractivity contribution in [1.29, 1.82) is 0 Å². The van der Waals surface area contributed by atoms with Crippen LogP contribution < -0.4 is 0 Å². The highest BCUT2D eigenvalue weighted by atomic mass is 32.2. The first kappa shape index (κ1) is 13.6. The zero-order valence-corrected chi connectivity index (χ0v) is 9.35. The molecule has 4 nitrogen and oxygen atoms in total. The molecular formula is C9H18O4S. The largest absolute Gasteiger partial charge is 0.300 e. The second-order valence-corrected chi connectivity index (χ2v) is 4.91. The first-order valence-corrected chi connectivity index (χ1v) is 6.53. The molecule has 0 aliphatic rings. The van der Waals surface area contributed by atoms with Crippen LogP contribution in [0.4, 0.5) is 0 Å². The molecule has 0 aliphatic heterocycles. The molecule has 0 saturated carbocycles. The van der Waals surface area contributed by atoms with Crippen LogP contribution in [0.3, 0.4) is 0 Å². The number of ketones is 1. The topological polar surface area (TPSA) is 71.4 Å². The molecule has 0 aliphatic carbocycles. The van der Waals surface area contributed by atoms with Gasteiger partial charge >= 0.3 is 0 Å². The number of Topliss-reactive ketones (excluding diaryl/α,β-unsaturated/α-hetero) is 1. The van der Waals surface area contributed by atoms with E-state index in [1.54, 1.807) is 0 Å². The normalized spacial score (nSPS) is 11.6. The standard InChI is InChI=1S/C9H18O4S/c1-2-9(10)7-5-3-4-6-8-14(11,12)13/h2-8H2,1H3,(H,11,12,13). The number of hydrogen-bond acceptors (Lipinski definition) is 3. The van der Waals surface area contributed by atoms with Gasteiger partial charge in [0.1, 0.15) is 5.78 Å². The predicted molar refractivity (Wildman–Crippen MR) is 54.8 cm³/mol. The molecule has 0 saturated heterocycles. The maximum atomic E-state index is 10.9. The molecule has 0 atom stereocenters. The summed E-state index contributed by atoms with van der Waals surface area (Å²) in [6.45, 7) is 1.83. The van der Waals surface area contributed by atoms with E-state index in [4.69, 9.17) is 4.55 Å². The summed E-state index contributed by atoms with van der Waals surface area (Å²) in [5.74, 6) is 0.0779. The van der Waals surface area contributed by atoms with Gasteiger partial charge in [0, 0.05) is 12.8 Å². The van der Waals surface area contributed by atoms with Gasteiger partial charge in [0.15, 0.2) is 0 Å². The van der Waals surface area contributed by atoms with Crippen molar-refractivity contribution in [2.45, 2.75) is 45.4 Å². The van der Waals surface area contributed by atoms with E-state index in [1.807, 2.05) is 6.92 Å². The summed E-state index contributed by atoms with van der Waals surface area (Å²) in [6, 6.07) is 0. The lowest BCUT2D eigenvalue weighted by atomic mass is 10.1. The molecule has 0 bridgehead atoms. The summed E-state index contributed by atoms with van der Waals surface area (Å²) in [6.07, 6.45) is 4.04. The van der Waals surface area contributed by atoms with Crippen LogP contribution >= 0.6 is 0 Å². The third kappa shape index (κ3) is 9.67. The van der Waals surface area contributed by atoms with Crippen molar-refractivity contribution in [2.75, 3.05) is 5.75 Å². The first-order chi connectivity index (χ1) is 6.45. The van der Waals surface area contributed by atoms with Gasteiger partial charge in [-0.2, -0.15) is 8.42 Å². The fourth-order valence-corrected chi connectivity index (χ4v) is 1.71. The highest BCUT2D eigenvalue weighted by Gasteiger charge is 2.03. The van der Waals surface area contributed by atoms with Gasteiger partial charge in [-0.15, -0.1) is 0 Å². The molecule has 0 amide bonds. The van der Waals surface area contributed by atoms with Gasteiger partial charge in [-0.05, 0) is 12.8 Å². The van der Waals surface area contributed by atoms with Crippen LogP contribution in [0.5, 0.6) is 0 Å². The maximum absolute atomic E-state index is 10.9. The molecule has 14 heavy (non-hydrogen) atoms. The van der Waals surface area contributed by atoms with Gasteiger partial charge in [0.25, 0.3) is 10.1 Å². The number of carbonyl (C=O) groups is 1. The number of hydrogen-bond donors (Lipinski definition) is 1. The van der Waals surface area contributed by atoms with Gasteiger partial charge in [-0.25, -0.2) is 0 Å². The molecule has 1 N–H and O–H groups in total. The van der Waals surface area contributed by atoms with Crippen LogP contribution in [0.25, 0.3) is 0 Å². The van der Waals surface area contributed by atoms with E-state index < -0.39 is 10.1 Å². The van der Waals surface area contributed by atoms with Gasteiger partial charge in [-0.3, -0.25) is 9.35 Å². The van der Waals surface area contributed by atoms with Gasteiger partial charge in [0.05, 0.1) is 5.75 Å². The Kier molecular flexibility index (Phi) is 6.74. The van der Waals surface area contributed by atoms with Crippen molar-refractivity contribution in [3.8, 4) is 0 Å². The van der Waals surface area contributed by atoms with E-state index in [9.17, 15) is 13.2 Å². The van der Waals surface area contributed by atoms with E-state index >= 15 is 0 Å². The molecule has 0 heterocycles. The molecule has 0 radical (unpaired) electrons. The zero-order chi connectivity index (χ0) is 11.0. The molecular weight excluding hydrogens is 204 g/mol. The lowest BCUT2D eigenvalue weighted by Gasteiger charge is -1.99. The van der Waals surface area contributed by atoms with Crippen molar-refractivity contribution in [2.24, 2.45) is 0 Å². The molecule has 0 aromatic rings. The Morgan fingerprint density at radius 3 is 2.21 bits per heavy atom. The van der Waals surface area contributed by atoms with Crippen LogP contribution in [0.15, 0.2) is 0 Å². The van der Waals surface area contributed by atoms with Crippen LogP contribution in [-0.4, -0.2) is 24.5 Å². The third-order valence-electron chi connectivity index (χ3n) is 2.00. The SMILES string of the molecule is CCC(=O)CCCCCCS(=O)(=O)O. The monoisotopic (exact) mass is 222 g/mol. The smallest absolute Gasteiger partial charge is 0.264 e. The minimum absolute atomic E-state index is 0.172. The summed E-state index contributed by atoms with van der Waals surface area (Å²) in [7, 11) is -3.80. The fourth-order valence-electron chi connectivity index (χ4n) is 1.14. The lowest BCUT2D eigenvalue weighted by molar-refractivity contribution is -0.118. The quantitative estimate of drug-likeness (QED) is 0.502. The van der Waals surface area contributed by atoms with E-state index in [0.29, 0.717) is 19.3 Å². The summed E-state index contributed by atoms with van der Waals surface area (Å²) in [5.41, 5.74) is 0. The molecule has 0 unspecified atom stereocenters. The fraction of sp³-hybridized carbons (Fsp3) is 0.889. The number of unbranched alkanes of at least 4 members (excludes halogenated alkanes) is 3. The molecule has 0 aromatic heterocycles. The van der Waals surface area contributed by atoms with Crippen LogP contribution in [0.1, 0.15) is 45.4 Å². The summed E-state index contributed by atoms with van der Waals surface area (Å²) in [5, 5.41) is 0. The number of rotatable bonds is 8. The Morgan fingerprint density at radius 1 is 1.14 bits per heavy atom. The second kappa shape index (κ2) is 6.95. The zero-order valence-electron chi connectivity index (χ0n) is 8.53. The van der Waals surface area contributed by atoms with E-state index in [-0.39, 0.29) is 11.5 Å². The highest BCUT2D eigenvalue weighted by Crippen LogP contribution is 2.05. The van der Waals surface area contributed by atoms with E-state index in [2.05, 4.69) is 0 Å². The van der Waals surface area contributed by atoms with Crippen molar-refractivity contribution in [1.82, 2.24) is 0 Å². The molecule has 0 spiro atoms. The second-order valence-electron chi connectivity index (χ2n) is 3.34. The first-order valence-electron chi connectivity index (χ1n) is 4.92. The Labute approximate surface area is 85.4 Å². The molecule has 0 fully saturated rings. The molecule has 0 aromatic carbocycles. The minimum Gasteiger partial charge on any atom is -0.300 e. The summed E-state index contributed by atoms with van der Waals surface area (Å²) in [4.78, 5) is 10.9. The van der Waals surface area contributed by atoms with Crippen molar-refractivity contribution in [3.63, 3.8) is 0 Å². The predicted octanol–water partition coefficient (Wildman–Crippen LogP) is 1.80. The van der Waals surface area contributed by atoms with Crippen LogP contribution in [-0.2, 0) is 14.9 Å². The Morgan fingerprint density at radius 2 is 1.71 bits per heavy atom. The molecule has 0 rings (SSSR count). The van der Waals surface area contributed by atoms with Crippen molar-refractivity contribution < 1.29 is 17.8 Å². The van der Waals surface area contributed by atoms with Gasteiger partial charge in [0.2, 0.25) is 0 Å². The van der Waals surface area contributed by atoms with Crippen LogP contribution in [0, 0.1) is 0 Å². The summed E-state index contributed by atoms with van der Waals surface area (Å²) >= 11 is 0. The van der Waals surface area contributed by atoms with Crippen LogP contribution in [0.2, 0.25) is 0 Å². The van der Waals surface area contributed by atoms with Crippen molar-refractivity contribution in [3.05, 3.63) is 0 Å². The minimum atomic E-state index is -3.80. The molecule has 84 valence electrons. The third-order valence-corrected chi connectivity index (χ3v) is 2.81. The van der Waals surface area contributed by atoms with Gasteiger partial charge < -0.3 is 0 Å². The Bertz CT molecular complexity index is 256. The van der Waals surface area contributed by atoms with Gasteiger partial charge in [-0.1, -0.05) is 19.8 Å². The lowest BCUT2D eigenvalue weighted by Crippen LogP contribution is -2.03. The Balaban J connectivity index is 3.27.